The lowest BCUT2D eigenvalue weighted by atomic mass is 9.93. The quantitative estimate of drug-likeness (QED) is 0.655. The Morgan fingerprint density at radius 2 is 1.93 bits per heavy atom. The lowest BCUT2D eigenvalue weighted by Gasteiger charge is -2.32. The highest BCUT2D eigenvalue weighted by Crippen LogP contribution is 2.33. The predicted octanol–water partition coefficient (Wildman–Crippen LogP) is 3.94. The lowest BCUT2D eigenvalue weighted by molar-refractivity contribution is -0.115. The van der Waals surface area contributed by atoms with Gasteiger partial charge < -0.3 is 14.6 Å². The standard InChI is InChI=1S/C24H25N3O3/c1-24(2)11-10-18-14-16(4-9-20(18)30-24)15-21(28)26-19-7-5-17(6-8-19)22(29)23-25-12-13-27(23)3/h4-9,12-14H,10-11,15H2,1-3H3,(H,26,28). The molecule has 0 spiro atoms. The number of nitrogens with zero attached hydrogens (tertiary/aromatic N) is 2. The number of ether oxygens (including phenoxy) is 1. The summed E-state index contributed by atoms with van der Waals surface area (Å²) in [6.07, 6.45) is 5.51. The summed E-state index contributed by atoms with van der Waals surface area (Å²) in [4.78, 5) is 29.0. The molecule has 6 heteroatoms. The largest absolute Gasteiger partial charge is 0.488 e. The molecular formula is C24H25N3O3. The van der Waals surface area contributed by atoms with Crippen molar-refractivity contribution in [3.8, 4) is 5.75 Å². The Kier molecular flexibility index (Phi) is 5.16. The number of hydrogen-bond acceptors (Lipinski definition) is 4. The monoisotopic (exact) mass is 403 g/mol. The second-order valence-electron chi connectivity index (χ2n) is 8.30. The van der Waals surface area contributed by atoms with Crippen LogP contribution in [0.3, 0.4) is 0 Å². The molecule has 1 amide bonds. The van der Waals surface area contributed by atoms with Crippen molar-refractivity contribution in [3.63, 3.8) is 0 Å². The van der Waals surface area contributed by atoms with Crippen molar-refractivity contribution in [2.24, 2.45) is 7.05 Å². The minimum Gasteiger partial charge on any atom is -0.488 e. The number of imidazole rings is 1. The molecule has 0 atom stereocenters. The number of fused-ring (bicyclic) bond motifs is 1. The van der Waals surface area contributed by atoms with Crippen LogP contribution in [0.1, 0.15) is 47.6 Å². The average Bonchev–Trinajstić information content (AvgIpc) is 3.13. The van der Waals surface area contributed by atoms with Crippen LogP contribution in [0, 0.1) is 0 Å². The van der Waals surface area contributed by atoms with Gasteiger partial charge in [0.1, 0.15) is 11.4 Å². The maximum atomic E-state index is 12.5. The van der Waals surface area contributed by atoms with E-state index in [1.807, 2.05) is 12.1 Å². The normalized spacial score (nSPS) is 14.5. The van der Waals surface area contributed by atoms with E-state index in [4.69, 9.17) is 4.74 Å². The summed E-state index contributed by atoms with van der Waals surface area (Å²) in [6.45, 7) is 4.18. The van der Waals surface area contributed by atoms with E-state index in [1.54, 1.807) is 48.3 Å². The molecular weight excluding hydrogens is 378 g/mol. The molecule has 1 N–H and O–H groups in total. The van der Waals surface area contributed by atoms with Gasteiger partial charge in [0.05, 0.1) is 6.42 Å². The molecule has 3 aromatic rings. The van der Waals surface area contributed by atoms with E-state index in [9.17, 15) is 9.59 Å². The fourth-order valence-corrected chi connectivity index (χ4v) is 3.63. The van der Waals surface area contributed by atoms with Gasteiger partial charge >= 0.3 is 0 Å². The Hall–Kier alpha value is -3.41. The third-order valence-electron chi connectivity index (χ3n) is 5.33. The minimum absolute atomic E-state index is 0.102. The van der Waals surface area contributed by atoms with Crippen LogP contribution in [0.15, 0.2) is 54.9 Å². The van der Waals surface area contributed by atoms with E-state index in [0.29, 0.717) is 17.1 Å². The van der Waals surface area contributed by atoms with Gasteiger partial charge in [0.2, 0.25) is 11.7 Å². The van der Waals surface area contributed by atoms with Gasteiger partial charge in [-0.25, -0.2) is 4.98 Å². The SMILES string of the molecule is Cn1ccnc1C(=O)c1ccc(NC(=O)Cc2ccc3c(c2)CCC(C)(C)O3)cc1. The third-order valence-corrected chi connectivity index (χ3v) is 5.33. The fourth-order valence-electron chi connectivity index (χ4n) is 3.63. The molecule has 154 valence electrons. The highest BCUT2D eigenvalue weighted by molar-refractivity contribution is 6.07. The first-order valence-corrected chi connectivity index (χ1v) is 10.0. The second-order valence-corrected chi connectivity index (χ2v) is 8.30. The van der Waals surface area contributed by atoms with E-state index in [2.05, 4.69) is 30.2 Å². The number of carbonyl (C=O) groups is 2. The Labute approximate surface area is 175 Å². The molecule has 0 aliphatic carbocycles. The molecule has 1 aliphatic rings. The van der Waals surface area contributed by atoms with Gasteiger partial charge in [0.25, 0.3) is 0 Å². The number of aryl methyl sites for hydroxylation is 2. The molecule has 2 aromatic carbocycles. The molecule has 4 rings (SSSR count). The van der Waals surface area contributed by atoms with E-state index in [0.717, 1.165) is 29.7 Å². The van der Waals surface area contributed by atoms with E-state index < -0.39 is 0 Å². The maximum Gasteiger partial charge on any atom is 0.228 e. The molecule has 2 heterocycles. The van der Waals surface area contributed by atoms with Crippen LogP contribution < -0.4 is 10.1 Å². The lowest BCUT2D eigenvalue weighted by Crippen LogP contribution is -2.32. The highest BCUT2D eigenvalue weighted by Gasteiger charge is 2.26. The van der Waals surface area contributed by atoms with E-state index >= 15 is 0 Å². The molecule has 0 bridgehead atoms. The molecule has 0 fully saturated rings. The Balaban J connectivity index is 1.39. The number of hydrogen-bond donors (Lipinski definition) is 1. The fraction of sp³-hybridized carbons (Fsp3) is 0.292. The number of carbonyl (C=O) groups excluding carboxylic acids is 2. The molecule has 0 saturated heterocycles. The summed E-state index contributed by atoms with van der Waals surface area (Å²) in [5.41, 5.74) is 3.14. The van der Waals surface area contributed by atoms with Crippen LogP contribution in [0.5, 0.6) is 5.75 Å². The number of anilines is 1. The molecule has 6 nitrogen and oxygen atoms in total. The van der Waals surface area contributed by atoms with Crippen molar-refractivity contribution in [1.29, 1.82) is 0 Å². The summed E-state index contributed by atoms with van der Waals surface area (Å²) in [6, 6.07) is 12.8. The van der Waals surface area contributed by atoms with E-state index in [1.165, 1.54) is 0 Å². The van der Waals surface area contributed by atoms with Crippen molar-refractivity contribution < 1.29 is 14.3 Å². The number of benzene rings is 2. The first-order valence-electron chi connectivity index (χ1n) is 10.0. The van der Waals surface area contributed by atoms with Crippen LogP contribution >= 0.6 is 0 Å². The zero-order valence-electron chi connectivity index (χ0n) is 17.4. The number of amides is 1. The van der Waals surface area contributed by atoms with Gasteiger partial charge in [-0.15, -0.1) is 0 Å². The van der Waals surface area contributed by atoms with Gasteiger partial charge in [-0.1, -0.05) is 12.1 Å². The first kappa shape index (κ1) is 19.9. The number of aromatic nitrogens is 2. The van der Waals surface area contributed by atoms with Gasteiger partial charge in [0, 0.05) is 30.7 Å². The summed E-state index contributed by atoms with van der Waals surface area (Å²) < 4.78 is 7.69. The molecule has 1 aromatic heterocycles. The molecule has 0 unspecified atom stereocenters. The van der Waals surface area contributed by atoms with Crippen LogP contribution in [0.2, 0.25) is 0 Å². The van der Waals surface area contributed by atoms with Crippen LogP contribution in [-0.4, -0.2) is 26.8 Å². The molecule has 30 heavy (non-hydrogen) atoms. The number of rotatable bonds is 5. The smallest absolute Gasteiger partial charge is 0.228 e. The highest BCUT2D eigenvalue weighted by atomic mass is 16.5. The van der Waals surface area contributed by atoms with E-state index in [-0.39, 0.29) is 23.7 Å². The topological polar surface area (TPSA) is 73.2 Å². The average molecular weight is 403 g/mol. The van der Waals surface area contributed by atoms with Gasteiger partial charge in [-0.05, 0) is 68.1 Å². The van der Waals surface area contributed by atoms with Gasteiger partial charge in [-0.3, -0.25) is 9.59 Å². The first-order chi connectivity index (χ1) is 14.3. The van der Waals surface area contributed by atoms with Crippen molar-refractivity contribution >= 4 is 17.4 Å². The van der Waals surface area contributed by atoms with Crippen LogP contribution in [-0.2, 0) is 24.7 Å². The number of ketones is 1. The Morgan fingerprint density at radius 1 is 1.17 bits per heavy atom. The molecule has 0 saturated carbocycles. The zero-order chi connectivity index (χ0) is 21.3. The molecule has 0 radical (unpaired) electrons. The maximum absolute atomic E-state index is 12.5. The Morgan fingerprint density at radius 3 is 2.63 bits per heavy atom. The summed E-state index contributed by atoms with van der Waals surface area (Å²) in [5.74, 6) is 1.03. The summed E-state index contributed by atoms with van der Waals surface area (Å²) >= 11 is 0. The van der Waals surface area contributed by atoms with Crippen molar-refractivity contribution in [3.05, 3.63) is 77.4 Å². The number of nitrogens with one attached hydrogen (secondary N) is 1. The summed E-state index contributed by atoms with van der Waals surface area (Å²) in [5, 5.41) is 2.89. The molecule has 1 aliphatic heterocycles. The van der Waals surface area contributed by atoms with Crippen molar-refractivity contribution in [2.45, 2.75) is 38.7 Å². The van der Waals surface area contributed by atoms with Crippen molar-refractivity contribution in [1.82, 2.24) is 9.55 Å². The minimum atomic E-state index is -0.153. The zero-order valence-corrected chi connectivity index (χ0v) is 17.4. The van der Waals surface area contributed by atoms with Gasteiger partial charge in [0.15, 0.2) is 5.82 Å². The third kappa shape index (κ3) is 4.27. The predicted molar refractivity (Wildman–Crippen MR) is 115 cm³/mol. The van der Waals surface area contributed by atoms with Crippen molar-refractivity contribution in [2.75, 3.05) is 5.32 Å². The summed E-state index contributed by atoms with van der Waals surface area (Å²) in [7, 11) is 1.78. The second kappa shape index (κ2) is 7.78. The van der Waals surface area contributed by atoms with Crippen LogP contribution in [0.4, 0.5) is 5.69 Å². The van der Waals surface area contributed by atoms with Gasteiger partial charge in [-0.2, -0.15) is 0 Å². The van der Waals surface area contributed by atoms with Crippen LogP contribution in [0.25, 0.3) is 0 Å². The Bertz CT molecular complexity index is 1100.